The third kappa shape index (κ3) is 4.67. The van der Waals surface area contributed by atoms with Crippen LogP contribution in [0.1, 0.15) is 59.8 Å². The first-order valence-electron chi connectivity index (χ1n) is 6.08. The van der Waals surface area contributed by atoms with E-state index in [0.29, 0.717) is 0 Å². The zero-order valence-electron chi connectivity index (χ0n) is 10.5. The third-order valence-electron chi connectivity index (χ3n) is 3.34. The third-order valence-corrected chi connectivity index (χ3v) is 3.34. The molecule has 0 N–H and O–H groups in total. The summed E-state index contributed by atoms with van der Waals surface area (Å²) in [6.45, 7) is 7.86. The Morgan fingerprint density at radius 1 is 1.27 bits per heavy atom. The molecule has 0 unspecified atom stereocenters. The molecule has 0 aromatic heterocycles. The Bertz CT molecular complexity index is 213. The number of esters is 1. The van der Waals surface area contributed by atoms with Crippen molar-refractivity contribution in [3.8, 4) is 0 Å². The van der Waals surface area contributed by atoms with Crippen LogP contribution in [-0.4, -0.2) is 11.6 Å². The number of carbonyl (C=O) groups excluding carboxylic acids is 1. The first kappa shape index (κ1) is 12.5. The van der Waals surface area contributed by atoms with Crippen LogP contribution in [0.3, 0.4) is 0 Å². The van der Waals surface area contributed by atoms with Crippen LogP contribution < -0.4 is 0 Å². The molecule has 0 aromatic rings. The molecule has 1 aliphatic rings. The lowest BCUT2D eigenvalue weighted by Gasteiger charge is -2.33. The molecule has 1 saturated carbocycles. The van der Waals surface area contributed by atoms with Crippen molar-refractivity contribution in [1.29, 1.82) is 0 Å². The topological polar surface area (TPSA) is 26.3 Å². The van der Waals surface area contributed by atoms with Gasteiger partial charge >= 0.3 is 5.97 Å². The molecule has 1 fully saturated rings. The van der Waals surface area contributed by atoms with E-state index in [9.17, 15) is 4.79 Å². The van der Waals surface area contributed by atoms with Gasteiger partial charge in [-0.25, -0.2) is 0 Å². The van der Waals surface area contributed by atoms with Crippen LogP contribution in [0.25, 0.3) is 0 Å². The van der Waals surface area contributed by atoms with Gasteiger partial charge in [0.1, 0.15) is 5.60 Å². The van der Waals surface area contributed by atoms with E-state index in [2.05, 4.69) is 6.92 Å². The van der Waals surface area contributed by atoms with E-state index in [1.165, 1.54) is 32.6 Å². The van der Waals surface area contributed by atoms with Crippen LogP contribution in [0.5, 0.6) is 0 Å². The van der Waals surface area contributed by atoms with Crippen LogP contribution in [-0.2, 0) is 9.53 Å². The normalized spacial score (nSPS) is 27.5. The molecule has 1 aliphatic carbocycles. The summed E-state index contributed by atoms with van der Waals surface area (Å²) in [4.78, 5) is 10.9. The SMILES string of the molecule is CC(=O)OC(C)(C)CC1CCC(C)CC1. The standard InChI is InChI=1S/C13H24O2/c1-10-5-7-12(8-6-10)9-13(3,4)15-11(2)14/h10,12H,5-9H2,1-4H3. The molecule has 0 heterocycles. The highest BCUT2D eigenvalue weighted by Gasteiger charge is 2.28. The van der Waals surface area contributed by atoms with Gasteiger partial charge in [0.2, 0.25) is 0 Å². The zero-order chi connectivity index (χ0) is 11.5. The van der Waals surface area contributed by atoms with Crippen molar-refractivity contribution < 1.29 is 9.53 Å². The minimum Gasteiger partial charge on any atom is -0.460 e. The van der Waals surface area contributed by atoms with Crippen LogP contribution >= 0.6 is 0 Å². The molecule has 2 heteroatoms. The number of ether oxygens (including phenoxy) is 1. The Morgan fingerprint density at radius 2 is 1.80 bits per heavy atom. The molecule has 2 nitrogen and oxygen atoms in total. The predicted octanol–water partition coefficient (Wildman–Crippen LogP) is 3.54. The Morgan fingerprint density at radius 3 is 2.27 bits per heavy atom. The van der Waals surface area contributed by atoms with E-state index in [0.717, 1.165) is 18.3 Å². The lowest BCUT2D eigenvalue weighted by molar-refractivity contribution is -0.155. The number of rotatable bonds is 3. The van der Waals surface area contributed by atoms with E-state index in [-0.39, 0.29) is 11.6 Å². The van der Waals surface area contributed by atoms with Crippen molar-refractivity contribution in [3.05, 3.63) is 0 Å². The van der Waals surface area contributed by atoms with Gasteiger partial charge in [-0.1, -0.05) is 32.6 Å². The highest BCUT2D eigenvalue weighted by atomic mass is 16.6. The molecule has 88 valence electrons. The molecule has 0 aromatic carbocycles. The molecule has 0 saturated heterocycles. The summed E-state index contributed by atoms with van der Waals surface area (Å²) in [5, 5.41) is 0. The van der Waals surface area contributed by atoms with Crippen molar-refractivity contribution in [2.24, 2.45) is 11.8 Å². The second-order valence-corrected chi connectivity index (χ2v) is 5.68. The van der Waals surface area contributed by atoms with E-state index < -0.39 is 0 Å². The van der Waals surface area contributed by atoms with Gasteiger partial charge in [0.25, 0.3) is 0 Å². The second-order valence-electron chi connectivity index (χ2n) is 5.68. The lowest BCUT2D eigenvalue weighted by atomic mass is 9.78. The van der Waals surface area contributed by atoms with Gasteiger partial charge in [-0.15, -0.1) is 0 Å². The molecule has 0 radical (unpaired) electrons. The maximum Gasteiger partial charge on any atom is 0.303 e. The van der Waals surface area contributed by atoms with Gasteiger partial charge < -0.3 is 4.74 Å². The quantitative estimate of drug-likeness (QED) is 0.669. The molecular weight excluding hydrogens is 188 g/mol. The Labute approximate surface area is 93.4 Å². The maximum absolute atomic E-state index is 10.9. The van der Waals surface area contributed by atoms with Gasteiger partial charge in [0.15, 0.2) is 0 Å². The van der Waals surface area contributed by atoms with Crippen LogP contribution in [0.2, 0.25) is 0 Å². The summed E-state index contributed by atoms with van der Waals surface area (Å²) in [6.07, 6.45) is 6.28. The Hall–Kier alpha value is -0.530. The van der Waals surface area contributed by atoms with Gasteiger partial charge in [0.05, 0.1) is 0 Å². The summed E-state index contributed by atoms with van der Waals surface area (Å²) in [5.74, 6) is 1.47. The van der Waals surface area contributed by atoms with E-state index in [1.54, 1.807) is 0 Å². The predicted molar refractivity (Wildman–Crippen MR) is 61.6 cm³/mol. The average Bonchev–Trinajstić information content (AvgIpc) is 2.06. The first-order chi connectivity index (χ1) is 6.89. The summed E-state index contributed by atoms with van der Waals surface area (Å²) >= 11 is 0. The highest BCUT2D eigenvalue weighted by molar-refractivity contribution is 5.66. The summed E-state index contributed by atoms with van der Waals surface area (Å²) in [5.41, 5.74) is -0.281. The summed E-state index contributed by atoms with van der Waals surface area (Å²) in [6, 6.07) is 0. The monoisotopic (exact) mass is 212 g/mol. The van der Waals surface area contributed by atoms with Crippen LogP contribution in [0.15, 0.2) is 0 Å². The second kappa shape index (κ2) is 5.00. The van der Waals surface area contributed by atoms with Crippen molar-refractivity contribution >= 4 is 5.97 Å². The minimum atomic E-state index is -0.281. The molecule has 0 amide bonds. The summed E-state index contributed by atoms with van der Waals surface area (Å²) in [7, 11) is 0. The van der Waals surface area contributed by atoms with Crippen molar-refractivity contribution in [3.63, 3.8) is 0 Å². The molecule has 0 bridgehead atoms. The van der Waals surface area contributed by atoms with Crippen molar-refractivity contribution in [1.82, 2.24) is 0 Å². The Kier molecular flexibility index (Phi) is 4.18. The summed E-state index contributed by atoms with van der Waals surface area (Å²) < 4.78 is 5.33. The molecule has 0 aliphatic heterocycles. The van der Waals surface area contributed by atoms with Crippen LogP contribution in [0, 0.1) is 11.8 Å². The van der Waals surface area contributed by atoms with Crippen molar-refractivity contribution in [2.45, 2.75) is 65.4 Å². The largest absolute Gasteiger partial charge is 0.460 e. The zero-order valence-corrected chi connectivity index (χ0v) is 10.5. The smallest absolute Gasteiger partial charge is 0.303 e. The fourth-order valence-corrected chi connectivity index (χ4v) is 2.66. The van der Waals surface area contributed by atoms with Gasteiger partial charge in [-0.05, 0) is 32.1 Å². The molecule has 0 atom stereocenters. The van der Waals surface area contributed by atoms with Gasteiger partial charge in [0, 0.05) is 6.92 Å². The first-order valence-corrected chi connectivity index (χ1v) is 6.08. The highest BCUT2D eigenvalue weighted by Crippen LogP contribution is 2.34. The Balaban J connectivity index is 2.36. The van der Waals surface area contributed by atoms with Crippen LogP contribution in [0.4, 0.5) is 0 Å². The molecule has 1 rings (SSSR count). The number of carbonyl (C=O) groups is 1. The van der Waals surface area contributed by atoms with Crippen molar-refractivity contribution in [2.75, 3.05) is 0 Å². The van der Waals surface area contributed by atoms with Gasteiger partial charge in [-0.3, -0.25) is 4.79 Å². The molecule has 15 heavy (non-hydrogen) atoms. The number of hydrogen-bond donors (Lipinski definition) is 0. The fraction of sp³-hybridized carbons (Fsp3) is 0.923. The molecule has 0 spiro atoms. The van der Waals surface area contributed by atoms with E-state index in [4.69, 9.17) is 4.74 Å². The van der Waals surface area contributed by atoms with E-state index >= 15 is 0 Å². The van der Waals surface area contributed by atoms with E-state index in [1.807, 2.05) is 13.8 Å². The lowest BCUT2D eigenvalue weighted by Crippen LogP contribution is -2.31. The fourth-order valence-electron chi connectivity index (χ4n) is 2.66. The average molecular weight is 212 g/mol. The minimum absolute atomic E-state index is 0.163. The molecular formula is C13H24O2. The van der Waals surface area contributed by atoms with Gasteiger partial charge in [-0.2, -0.15) is 0 Å². The maximum atomic E-state index is 10.9. The number of hydrogen-bond acceptors (Lipinski definition) is 2.